The van der Waals surface area contributed by atoms with Crippen molar-refractivity contribution >= 4 is 0 Å². The van der Waals surface area contributed by atoms with E-state index in [1.165, 1.54) is 0 Å². The predicted molar refractivity (Wildman–Crippen MR) is 35.1 cm³/mol. The minimum absolute atomic E-state index is 0.118. The first-order valence-corrected chi connectivity index (χ1v) is 3.07. The van der Waals surface area contributed by atoms with E-state index in [0.717, 1.165) is 0 Å². The van der Waals surface area contributed by atoms with Crippen molar-refractivity contribution in [3.63, 3.8) is 0 Å². The Morgan fingerprint density at radius 1 is 1.40 bits per heavy atom. The Kier molecular flexibility index (Phi) is 5.16. The number of hydrogen-bond donors (Lipinski definition) is 0. The third-order valence-corrected chi connectivity index (χ3v) is 0.692. The van der Waals surface area contributed by atoms with Crippen molar-refractivity contribution in [1.82, 2.24) is 0 Å². The van der Waals surface area contributed by atoms with E-state index in [0.29, 0.717) is 13.2 Å². The van der Waals surface area contributed by atoms with E-state index in [-0.39, 0.29) is 5.95 Å². The van der Waals surface area contributed by atoms with Crippen LogP contribution in [-0.4, -0.2) is 13.2 Å². The van der Waals surface area contributed by atoms with Gasteiger partial charge in [0.05, 0.1) is 13.2 Å². The van der Waals surface area contributed by atoms with Crippen LogP contribution >= 0.6 is 0 Å². The summed E-state index contributed by atoms with van der Waals surface area (Å²) in [6, 6.07) is 0. The van der Waals surface area contributed by atoms with Crippen molar-refractivity contribution in [2.45, 2.75) is 13.8 Å². The van der Waals surface area contributed by atoms with Crippen LogP contribution in [-0.2, 0) is 9.47 Å². The molecule has 0 bridgehead atoms. The minimum atomic E-state index is 0.118. The fourth-order valence-corrected chi connectivity index (χ4v) is 0.409. The molecule has 0 spiro atoms. The molecule has 0 aliphatic heterocycles. The van der Waals surface area contributed by atoms with Gasteiger partial charge < -0.3 is 9.47 Å². The smallest absolute Gasteiger partial charge is 0.180 e. The van der Waals surface area contributed by atoms with Crippen LogP contribution in [0.3, 0.4) is 0 Å². The molecule has 0 atom stereocenters. The maximum absolute atomic E-state index is 8.02. The molecule has 4 nitrogen and oxygen atoms in total. The largest absolute Gasteiger partial charge is 0.489 e. The van der Waals surface area contributed by atoms with Crippen LogP contribution in [0.1, 0.15) is 13.8 Å². The van der Waals surface area contributed by atoms with Crippen molar-refractivity contribution in [1.29, 1.82) is 5.39 Å². The number of diazo groups is 1. The molecular formula is C6H10N2O2. The summed E-state index contributed by atoms with van der Waals surface area (Å²) in [5.74, 6) is 0.118. The Bertz CT molecular complexity index is 140. The summed E-state index contributed by atoms with van der Waals surface area (Å²) >= 11 is 0. The Hall–Kier alpha value is -1.24. The molecule has 0 amide bonds. The average Bonchev–Trinajstić information content (AvgIpc) is 1.90. The molecule has 0 aromatic carbocycles. The van der Waals surface area contributed by atoms with E-state index < -0.39 is 0 Å². The number of ether oxygens (including phenoxy) is 2. The van der Waals surface area contributed by atoms with Crippen molar-refractivity contribution in [2.75, 3.05) is 13.2 Å². The zero-order chi connectivity index (χ0) is 7.82. The average molecular weight is 142 g/mol. The normalized spacial score (nSPS) is 7.70. The molecule has 0 aromatic rings. The van der Waals surface area contributed by atoms with E-state index in [1.807, 2.05) is 0 Å². The van der Waals surface area contributed by atoms with Gasteiger partial charge in [0.2, 0.25) is 0 Å². The zero-order valence-electron chi connectivity index (χ0n) is 6.13. The lowest BCUT2D eigenvalue weighted by atomic mass is 10.8. The molecule has 0 aliphatic rings. The van der Waals surface area contributed by atoms with Crippen molar-refractivity contribution in [2.24, 2.45) is 0 Å². The molecule has 0 saturated carbocycles. The third kappa shape index (κ3) is 3.72. The van der Waals surface area contributed by atoms with Crippen molar-refractivity contribution < 1.29 is 9.47 Å². The van der Waals surface area contributed by atoms with E-state index in [2.05, 4.69) is 11.2 Å². The molecule has 56 valence electrons. The van der Waals surface area contributed by atoms with Gasteiger partial charge in [-0.2, -0.15) is 0 Å². The molecule has 0 aromatic heterocycles. The molecule has 0 heterocycles. The monoisotopic (exact) mass is 142 g/mol. The Labute approximate surface area is 60.1 Å². The molecule has 4 heteroatoms. The van der Waals surface area contributed by atoms with Gasteiger partial charge in [-0.1, -0.05) is 0 Å². The molecule has 10 heavy (non-hydrogen) atoms. The van der Waals surface area contributed by atoms with Crippen LogP contribution in [0.5, 0.6) is 0 Å². The molecule has 0 fully saturated rings. The van der Waals surface area contributed by atoms with Gasteiger partial charge in [-0.15, -0.1) is 0 Å². The van der Waals surface area contributed by atoms with Crippen LogP contribution in [0.4, 0.5) is 0 Å². The standard InChI is InChI=1S/C6H10N2O2/c1-3-9-6(5-8-7)10-4-2/h3-4H2,1-2H3. The van der Waals surface area contributed by atoms with Crippen molar-refractivity contribution in [3.05, 3.63) is 17.1 Å². The zero-order valence-corrected chi connectivity index (χ0v) is 6.13. The maximum Gasteiger partial charge on any atom is 0.180 e. The molecule has 0 rings (SSSR count). The molecule has 0 unspecified atom stereocenters. The molecular weight excluding hydrogens is 132 g/mol. The highest BCUT2D eigenvalue weighted by atomic mass is 16.7. The fraction of sp³-hybridized carbons (Fsp3) is 0.667. The summed E-state index contributed by atoms with van der Waals surface area (Å²) in [5.41, 5.74) is 0. The highest BCUT2D eigenvalue weighted by molar-refractivity contribution is 4.79. The number of rotatable bonds is 4. The molecule has 0 N–H and O–H groups in total. The van der Waals surface area contributed by atoms with Gasteiger partial charge in [0.25, 0.3) is 0 Å². The first kappa shape index (κ1) is 8.76. The molecule has 0 radical (unpaired) electrons. The summed E-state index contributed by atoms with van der Waals surface area (Å²) < 4.78 is 9.70. The summed E-state index contributed by atoms with van der Waals surface area (Å²) in [4.78, 5) is 2.64. The van der Waals surface area contributed by atoms with Crippen LogP contribution in [0.15, 0.2) is 5.95 Å². The van der Waals surface area contributed by atoms with E-state index in [1.54, 1.807) is 13.8 Å². The van der Waals surface area contributed by atoms with Crippen LogP contribution in [0.25, 0.3) is 4.98 Å². The summed E-state index contributed by atoms with van der Waals surface area (Å²) in [6.07, 6.45) is 2.14. The summed E-state index contributed by atoms with van der Waals surface area (Å²) in [6.45, 7) is 4.55. The van der Waals surface area contributed by atoms with E-state index >= 15 is 0 Å². The molecule has 0 saturated heterocycles. The lowest BCUT2D eigenvalue weighted by Crippen LogP contribution is -1.96. The third-order valence-electron chi connectivity index (χ3n) is 0.692. The topological polar surface area (TPSA) is 46.6 Å². The summed E-state index contributed by atoms with van der Waals surface area (Å²) in [5, 5.41) is 8.02. The van der Waals surface area contributed by atoms with Gasteiger partial charge in [-0.25, -0.2) is 0 Å². The number of nitrogens with zero attached hydrogens (tertiary/aromatic N) is 2. The maximum atomic E-state index is 8.02. The van der Waals surface area contributed by atoms with Gasteiger partial charge in [0.1, 0.15) is 6.20 Å². The second kappa shape index (κ2) is 5.89. The van der Waals surface area contributed by atoms with Crippen LogP contribution < -0.4 is 0 Å². The Morgan fingerprint density at radius 3 is 2.20 bits per heavy atom. The first-order chi connectivity index (χ1) is 4.85. The van der Waals surface area contributed by atoms with Gasteiger partial charge in [-0.3, -0.25) is 0 Å². The lowest BCUT2D eigenvalue weighted by Gasteiger charge is -2.09. The second-order valence-electron chi connectivity index (χ2n) is 1.37. The number of hydrogen-bond acceptors (Lipinski definition) is 3. The second-order valence-corrected chi connectivity index (χ2v) is 1.37. The predicted octanol–water partition coefficient (Wildman–Crippen LogP) is 1.51. The molecule has 0 aliphatic carbocycles. The summed E-state index contributed by atoms with van der Waals surface area (Å²) in [7, 11) is 0. The van der Waals surface area contributed by atoms with Crippen LogP contribution in [0, 0.1) is 11.6 Å². The van der Waals surface area contributed by atoms with Crippen molar-refractivity contribution in [3.8, 4) is 0 Å². The Morgan fingerprint density at radius 2 is 1.90 bits per heavy atom. The minimum Gasteiger partial charge on any atom is -0.489 e. The first-order valence-electron chi connectivity index (χ1n) is 3.07. The van der Waals surface area contributed by atoms with Gasteiger partial charge in [-0.05, 0) is 18.8 Å². The lowest BCUT2D eigenvalue weighted by molar-refractivity contribution is 0.0448. The Balaban J connectivity index is 3.75. The van der Waals surface area contributed by atoms with Gasteiger partial charge in [0, 0.05) is 0 Å². The van der Waals surface area contributed by atoms with E-state index in [4.69, 9.17) is 14.9 Å². The van der Waals surface area contributed by atoms with Gasteiger partial charge in [0.15, 0.2) is 11.3 Å². The quantitative estimate of drug-likeness (QED) is 0.339. The highest BCUT2D eigenvalue weighted by Gasteiger charge is 1.88. The van der Waals surface area contributed by atoms with E-state index in [9.17, 15) is 0 Å². The van der Waals surface area contributed by atoms with Crippen LogP contribution in [0.2, 0.25) is 0 Å². The van der Waals surface area contributed by atoms with Gasteiger partial charge >= 0.3 is 0 Å². The SMILES string of the molecule is CCOC(=[C-][N+]#N)OCC. The highest BCUT2D eigenvalue weighted by Crippen LogP contribution is 1.97. The fourth-order valence-electron chi connectivity index (χ4n) is 0.409.